The Morgan fingerprint density at radius 2 is 2.16 bits per heavy atom. The van der Waals surface area contributed by atoms with Gasteiger partial charge in [0.15, 0.2) is 0 Å². The van der Waals surface area contributed by atoms with E-state index in [0.29, 0.717) is 12.1 Å². The van der Waals surface area contributed by atoms with Crippen molar-refractivity contribution >= 4 is 0 Å². The van der Waals surface area contributed by atoms with E-state index in [1.807, 2.05) is 27.0 Å². The molecule has 0 aliphatic heterocycles. The number of nitrogens with one attached hydrogen (secondary N) is 1. The maximum Gasteiger partial charge on any atom is 0.123 e. The summed E-state index contributed by atoms with van der Waals surface area (Å²) in [5.74, 6) is 0.564. The highest BCUT2D eigenvalue weighted by atomic mass is 19.1. The van der Waals surface area contributed by atoms with Crippen LogP contribution in [0.15, 0.2) is 18.2 Å². The third-order valence-corrected chi connectivity index (χ3v) is 4.12. The van der Waals surface area contributed by atoms with E-state index < -0.39 is 0 Å². The van der Waals surface area contributed by atoms with Crippen LogP contribution in [0.1, 0.15) is 43.4 Å². The molecule has 1 saturated carbocycles. The van der Waals surface area contributed by atoms with E-state index >= 15 is 0 Å². The van der Waals surface area contributed by atoms with Crippen LogP contribution in [0.2, 0.25) is 0 Å². The van der Waals surface area contributed by atoms with Crippen LogP contribution in [0, 0.1) is 18.7 Å². The fourth-order valence-corrected chi connectivity index (χ4v) is 3.00. The highest BCUT2D eigenvalue weighted by Gasteiger charge is 2.31. The van der Waals surface area contributed by atoms with E-state index in [9.17, 15) is 4.39 Å². The molecule has 19 heavy (non-hydrogen) atoms. The summed E-state index contributed by atoms with van der Waals surface area (Å²) in [6.07, 6.45) is 3.88. The maximum absolute atomic E-state index is 13.2. The fraction of sp³-hybridized carbons (Fsp3) is 0.625. The molecule has 0 amide bonds. The molecule has 1 N–H and O–H groups in total. The van der Waals surface area contributed by atoms with Gasteiger partial charge in [-0.2, -0.15) is 0 Å². The molecule has 1 aromatic carbocycles. The van der Waals surface area contributed by atoms with Gasteiger partial charge in [0, 0.05) is 12.6 Å². The summed E-state index contributed by atoms with van der Waals surface area (Å²) in [6, 6.07) is 5.39. The van der Waals surface area contributed by atoms with Crippen molar-refractivity contribution in [2.75, 3.05) is 13.7 Å². The zero-order valence-electron chi connectivity index (χ0n) is 12.1. The lowest BCUT2D eigenvalue weighted by molar-refractivity contribution is -0.0289. The van der Waals surface area contributed by atoms with Gasteiger partial charge in [-0.05, 0) is 69.3 Å². The molecule has 1 atom stereocenters. The van der Waals surface area contributed by atoms with E-state index in [1.54, 1.807) is 12.1 Å². The molecular formula is C16H24FNO. The Morgan fingerprint density at radius 1 is 1.42 bits per heavy atom. The highest BCUT2D eigenvalue weighted by molar-refractivity contribution is 5.29. The van der Waals surface area contributed by atoms with Gasteiger partial charge in [0.1, 0.15) is 5.82 Å². The quantitative estimate of drug-likeness (QED) is 0.848. The average molecular weight is 265 g/mol. The van der Waals surface area contributed by atoms with E-state index in [0.717, 1.165) is 37.4 Å². The molecule has 106 valence electrons. The van der Waals surface area contributed by atoms with Gasteiger partial charge in [-0.25, -0.2) is 4.39 Å². The van der Waals surface area contributed by atoms with Gasteiger partial charge < -0.3 is 10.1 Å². The van der Waals surface area contributed by atoms with Crippen molar-refractivity contribution < 1.29 is 9.13 Å². The minimum Gasteiger partial charge on any atom is -0.378 e. The summed E-state index contributed by atoms with van der Waals surface area (Å²) in [7, 11) is 1.98. The molecule has 1 aromatic rings. The smallest absolute Gasteiger partial charge is 0.123 e. The number of aryl methyl sites for hydroxylation is 1. The maximum atomic E-state index is 13.2. The Morgan fingerprint density at radius 3 is 2.74 bits per heavy atom. The molecule has 3 heteroatoms. The van der Waals surface area contributed by atoms with Crippen molar-refractivity contribution in [3.63, 3.8) is 0 Å². The SMILES string of the molecule is CCOC1CC(CC(NC)c2ccc(F)cc2C)C1. The molecule has 0 radical (unpaired) electrons. The van der Waals surface area contributed by atoms with Crippen molar-refractivity contribution in [3.8, 4) is 0 Å². The summed E-state index contributed by atoms with van der Waals surface area (Å²) in [5.41, 5.74) is 2.24. The fourth-order valence-electron chi connectivity index (χ4n) is 3.00. The molecule has 1 unspecified atom stereocenters. The van der Waals surface area contributed by atoms with Gasteiger partial charge >= 0.3 is 0 Å². The van der Waals surface area contributed by atoms with Crippen LogP contribution in [0.4, 0.5) is 4.39 Å². The zero-order valence-corrected chi connectivity index (χ0v) is 12.1. The number of rotatable bonds is 6. The van der Waals surface area contributed by atoms with Gasteiger partial charge in [0.25, 0.3) is 0 Å². The largest absolute Gasteiger partial charge is 0.378 e. The van der Waals surface area contributed by atoms with Crippen LogP contribution in [-0.4, -0.2) is 19.8 Å². The van der Waals surface area contributed by atoms with Crippen molar-refractivity contribution in [1.29, 1.82) is 0 Å². The second-order valence-corrected chi connectivity index (χ2v) is 5.49. The second-order valence-electron chi connectivity index (χ2n) is 5.49. The van der Waals surface area contributed by atoms with Crippen LogP contribution >= 0.6 is 0 Å². The van der Waals surface area contributed by atoms with Gasteiger partial charge in [-0.3, -0.25) is 0 Å². The summed E-state index contributed by atoms with van der Waals surface area (Å²) >= 11 is 0. The molecule has 0 saturated heterocycles. The second kappa shape index (κ2) is 6.49. The van der Waals surface area contributed by atoms with E-state index in [-0.39, 0.29) is 5.82 Å². The van der Waals surface area contributed by atoms with Crippen LogP contribution in [-0.2, 0) is 4.74 Å². The molecule has 1 fully saturated rings. The molecule has 0 bridgehead atoms. The Hall–Kier alpha value is -0.930. The zero-order chi connectivity index (χ0) is 13.8. The summed E-state index contributed by atoms with van der Waals surface area (Å²) in [6.45, 7) is 4.84. The summed E-state index contributed by atoms with van der Waals surface area (Å²) in [5, 5.41) is 3.36. The van der Waals surface area contributed by atoms with Crippen molar-refractivity contribution in [3.05, 3.63) is 35.1 Å². The lowest BCUT2D eigenvalue weighted by Gasteiger charge is -2.37. The average Bonchev–Trinajstić information content (AvgIpc) is 2.33. The Labute approximate surface area is 115 Å². The van der Waals surface area contributed by atoms with Crippen molar-refractivity contribution in [2.24, 2.45) is 5.92 Å². The molecule has 0 aromatic heterocycles. The van der Waals surface area contributed by atoms with Gasteiger partial charge in [-0.15, -0.1) is 0 Å². The highest BCUT2D eigenvalue weighted by Crippen LogP contribution is 2.37. The Kier molecular flexibility index (Phi) is 4.94. The van der Waals surface area contributed by atoms with E-state index in [2.05, 4.69) is 5.32 Å². The first-order valence-corrected chi connectivity index (χ1v) is 7.19. The van der Waals surface area contributed by atoms with Crippen molar-refractivity contribution in [1.82, 2.24) is 5.32 Å². The standard InChI is InChI=1S/C16H24FNO/c1-4-19-14-8-12(9-14)10-16(18-3)15-6-5-13(17)7-11(15)2/h5-7,12,14,16,18H,4,8-10H2,1-3H3. The third kappa shape index (κ3) is 3.54. The van der Waals surface area contributed by atoms with Crippen molar-refractivity contribution in [2.45, 2.75) is 45.3 Å². The summed E-state index contributed by atoms with van der Waals surface area (Å²) < 4.78 is 18.8. The Bertz CT molecular complexity index is 415. The van der Waals surface area contributed by atoms with E-state index in [4.69, 9.17) is 4.74 Å². The summed E-state index contributed by atoms with van der Waals surface area (Å²) in [4.78, 5) is 0. The predicted octanol–water partition coefficient (Wildman–Crippen LogP) is 3.60. The van der Waals surface area contributed by atoms with Gasteiger partial charge in [0.05, 0.1) is 6.10 Å². The first kappa shape index (κ1) is 14.5. The molecule has 0 heterocycles. The van der Waals surface area contributed by atoms with Crippen LogP contribution in [0.5, 0.6) is 0 Å². The predicted molar refractivity (Wildman–Crippen MR) is 75.7 cm³/mol. The molecule has 2 rings (SSSR count). The molecule has 1 aliphatic rings. The number of halogens is 1. The molecular weight excluding hydrogens is 241 g/mol. The molecule has 2 nitrogen and oxygen atoms in total. The normalized spacial score (nSPS) is 24.0. The number of ether oxygens (including phenoxy) is 1. The third-order valence-electron chi connectivity index (χ3n) is 4.12. The lowest BCUT2D eigenvalue weighted by atomic mass is 9.77. The van der Waals surface area contributed by atoms with Crippen LogP contribution in [0.25, 0.3) is 0 Å². The molecule has 0 spiro atoms. The number of hydrogen-bond acceptors (Lipinski definition) is 2. The van der Waals surface area contributed by atoms with Crippen LogP contribution in [0.3, 0.4) is 0 Å². The minimum absolute atomic E-state index is 0.156. The molecule has 1 aliphatic carbocycles. The van der Waals surface area contributed by atoms with Gasteiger partial charge in [-0.1, -0.05) is 6.07 Å². The lowest BCUT2D eigenvalue weighted by Crippen LogP contribution is -2.34. The minimum atomic E-state index is -0.156. The first-order valence-electron chi connectivity index (χ1n) is 7.19. The first-order chi connectivity index (χ1) is 9.13. The number of benzene rings is 1. The number of hydrogen-bond donors (Lipinski definition) is 1. The Balaban J connectivity index is 1.94. The van der Waals surface area contributed by atoms with Gasteiger partial charge in [0.2, 0.25) is 0 Å². The monoisotopic (exact) mass is 265 g/mol. The van der Waals surface area contributed by atoms with Crippen LogP contribution < -0.4 is 5.32 Å². The topological polar surface area (TPSA) is 21.3 Å². The van der Waals surface area contributed by atoms with E-state index in [1.165, 1.54) is 5.56 Å².